The summed E-state index contributed by atoms with van der Waals surface area (Å²) in [6.45, 7) is 10.9. The molecule has 16 heavy (non-hydrogen) atoms. The normalized spacial score (nSPS) is 13.4. The average Bonchev–Trinajstić information content (AvgIpc) is 2.08. The zero-order valence-corrected chi connectivity index (χ0v) is 11.2. The third-order valence-corrected chi connectivity index (χ3v) is 2.12. The van der Waals surface area contributed by atoms with Gasteiger partial charge in [-0.25, -0.2) is 4.79 Å². The van der Waals surface area contributed by atoms with Gasteiger partial charge in [-0.1, -0.05) is 0 Å². The number of ether oxygens (including phenoxy) is 1. The van der Waals surface area contributed by atoms with Gasteiger partial charge < -0.3 is 15.4 Å². The molecular weight excluding hydrogens is 204 g/mol. The number of carbonyl (C=O) groups is 1. The van der Waals surface area contributed by atoms with Crippen LogP contribution in [0.3, 0.4) is 0 Å². The predicted molar refractivity (Wildman–Crippen MR) is 66.4 cm³/mol. The van der Waals surface area contributed by atoms with E-state index in [0.29, 0.717) is 13.1 Å². The molecule has 0 aliphatic heterocycles. The van der Waals surface area contributed by atoms with Crippen molar-refractivity contribution in [2.24, 2.45) is 5.73 Å². The van der Waals surface area contributed by atoms with E-state index in [0.717, 1.165) is 12.8 Å². The fourth-order valence-electron chi connectivity index (χ4n) is 1.31. The summed E-state index contributed by atoms with van der Waals surface area (Å²) in [4.78, 5) is 13.5. The first-order valence-corrected chi connectivity index (χ1v) is 5.99. The Morgan fingerprint density at radius 2 is 2.00 bits per heavy atom. The van der Waals surface area contributed by atoms with Gasteiger partial charge in [0.15, 0.2) is 0 Å². The van der Waals surface area contributed by atoms with Crippen molar-refractivity contribution >= 4 is 6.09 Å². The average molecular weight is 230 g/mol. The molecule has 0 unspecified atom stereocenters. The summed E-state index contributed by atoms with van der Waals surface area (Å²) in [6, 6.07) is 0.192. The first-order valence-electron chi connectivity index (χ1n) is 5.99. The lowest BCUT2D eigenvalue weighted by Crippen LogP contribution is -2.37. The summed E-state index contributed by atoms with van der Waals surface area (Å²) in [5, 5.41) is 0. The Morgan fingerprint density at radius 1 is 1.44 bits per heavy atom. The van der Waals surface area contributed by atoms with Crippen molar-refractivity contribution in [3.8, 4) is 0 Å². The Labute approximate surface area is 99.1 Å². The second-order valence-corrected chi connectivity index (χ2v) is 5.18. The number of carbonyl (C=O) groups excluding carboxylic acids is 1. The molecule has 96 valence electrons. The Kier molecular flexibility index (Phi) is 6.41. The molecule has 0 radical (unpaired) electrons. The molecule has 0 aromatic heterocycles. The van der Waals surface area contributed by atoms with Crippen LogP contribution in [0, 0.1) is 0 Å². The van der Waals surface area contributed by atoms with E-state index in [-0.39, 0.29) is 12.1 Å². The molecule has 0 aromatic carbocycles. The van der Waals surface area contributed by atoms with E-state index in [9.17, 15) is 4.79 Å². The highest BCUT2D eigenvalue weighted by Crippen LogP contribution is 2.10. The molecule has 0 aliphatic carbocycles. The lowest BCUT2D eigenvalue weighted by Gasteiger charge is -2.26. The Bertz CT molecular complexity index is 210. The van der Waals surface area contributed by atoms with Crippen LogP contribution >= 0.6 is 0 Å². The van der Waals surface area contributed by atoms with Gasteiger partial charge in [0, 0.05) is 19.1 Å². The quantitative estimate of drug-likeness (QED) is 0.789. The molecule has 0 saturated carbocycles. The number of hydrogen-bond donors (Lipinski definition) is 1. The molecule has 4 nitrogen and oxygen atoms in total. The van der Waals surface area contributed by atoms with Crippen LogP contribution in [0.25, 0.3) is 0 Å². The highest BCUT2D eigenvalue weighted by molar-refractivity contribution is 5.68. The monoisotopic (exact) mass is 230 g/mol. The SMILES string of the molecule is CCN(CCC[C@@H](C)N)C(=O)OC(C)(C)C. The molecule has 4 heteroatoms. The second kappa shape index (κ2) is 6.74. The summed E-state index contributed by atoms with van der Waals surface area (Å²) in [6.07, 6.45) is 1.61. The van der Waals surface area contributed by atoms with Crippen LogP contribution in [0.5, 0.6) is 0 Å². The van der Waals surface area contributed by atoms with Crippen molar-refractivity contribution < 1.29 is 9.53 Å². The number of rotatable bonds is 5. The summed E-state index contributed by atoms with van der Waals surface area (Å²) in [7, 11) is 0. The topological polar surface area (TPSA) is 55.6 Å². The van der Waals surface area contributed by atoms with Crippen LogP contribution in [0.1, 0.15) is 47.5 Å². The van der Waals surface area contributed by atoms with Gasteiger partial charge in [0.1, 0.15) is 5.60 Å². The van der Waals surface area contributed by atoms with Gasteiger partial charge in [0.05, 0.1) is 0 Å². The van der Waals surface area contributed by atoms with Gasteiger partial charge in [-0.2, -0.15) is 0 Å². The van der Waals surface area contributed by atoms with Crippen molar-refractivity contribution in [1.82, 2.24) is 4.90 Å². The number of nitrogens with zero attached hydrogens (tertiary/aromatic N) is 1. The van der Waals surface area contributed by atoms with Crippen LogP contribution in [0.2, 0.25) is 0 Å². The zero-order chi connectivity index (χ0) is 12.8. The Balaban J connectivity index is 4.02. The minimum atomic E-state index is -0.425. The molecule has 0 aliphatic rings. The maximum absolute atomic E-state index is 11.7. The first kappa shape index (κ1) is 15.2. The highest BCUT2D eigenvalue weighted by atomic mass is 16.6. The Morgan fingerprint density at radius 3 is 2.38 bits per heavy atom. The minimum Gasteiger partial charge on any atom is -0.444 e. The number of amides is 1. The fraction of sp³-hybridized carbons (Fsp3) is 0.917. The lowest BCUT2D eigenvalue weighted by atomic mass is 10.2. The second-order valence-electron chi connectivity index (χ2n) is 5.18. The molecule has 0 fully saturated rings. The summed E-state index contributed by atoms with van der Waals surface area (Å²) < 4.78 is 5.30. The summed E-state index contributed by atoms with van der Waals surface area (Å²) in [5.74, 6) is 0. The third kappa shape index (κ3) is 7.51. The van der Waals surface area contributed by atoms with E-state index in [1.54, 1.807) is 4.90 Å². The van der Waals surface area contributed by atoms with E-state index < -0.39 is 5.60 Å². The molecule has 0 heterocycles. The molecule has 0 bridgehead atoms. The molecule has 0 spiro atoms. The van der Waals surface area contributed by atoms with Gasteiger partial charge in [-0.05, 0) is 47.5 Å². The van der Waals surface area contributed by atoms with Gasteiger partial charge in [0.2, 0.25) is 0 Å². The van der Waals surface area contributed by atoms with Gasteiger partial charge >= 0.3 is 6.09 Å². The first-order chi connectivity index (χ1) is 7.26. The van der Waals surface area contributed by atoms with Crippen molar-refractivity contribution in [2.75, 3.05) is 13.1 Å². The summed E-state index contributed by atoms with van der Waals surface area (Å²) in [5.41, 5.74) is 5.24. The van der Waals surface area contributed by atoms with E-state index in [4.69, 9.17) is 10.5 Å². The molecule has 0 aromatic rings. The minimum absolute atomic E-state index is 0.192. The predicted octanol–water partition coefficient (Wildman–Crippen LogP) is 2.37. The van der Waals surface area contributed by atoms with E-state index in [1.807, 2.05) is 34.6 Å². The van der Waals surface area contributed by atoms with Crippen LogP contribution in [-0.2, 0) is 4.74 Å². The maximum atomic E-state index is 11.7. The van der Waals surface area contributed by atoms with Crippen LogP contribution < -0.4 is 5.73 Å². The standard InChI is InChI=1S/C12H26N2O2/c1-6-14(9-7-8-10(2)13)11(15)16-12(3,4)5/h10H,6-9,13H2,1-5H3/t10-/m1/s1. The molecule has 1 atom stereocenters. The molecule has 0 saturated heterocycles. The lowest BCUT2D eigenvalue weighted by molar-refractivity contribution is 0.0256. The van der Waals surface area contributed by atoms with Gasteiger partial charge in [-0.15, -0.1) is 0 Å². The van der Waals surface area contributed by atoms with Crippen LogP contribution in [-0.4, -0.2) is 35.7 Å². The van der Waals surface area contributed by atoms with E-state index >= 15 is 0 Å². The van der Waals surface area contributed by atoms with Crippen molar-refractivity contribution in [2.45, 2.75) is 59.1 Å². The number of nitrogens with two attached hydrogens (primary N) is 1. The Hall–Kier alpha value is -0.770. The van der Waals surface area contributed by atoms with Crippen molar-refractivity contribution in [3.63, 3.8) is 0 Å². The largest absolute Gasteiger partial charge is 0.444 e. The molecule has 2 N–H and O–H groups in total. The highest BCUT2D eigenvalue weighted by Gasteiger charge is 2.20. The van der Waals surface area contributed by atoms with Crippen LogP contribution in [0.4, 0.5) is 4.79 Å². The van der Waals surface area contributed by atoms with Gasteiger partial charge in [0.25, 0.3) is 0 Å². The molecule has 1 amide bonds. The smallest absolute Gasteiger partial charge is 0.410 e. The molecular formula is C12H26N2O2. The van der Waals surface area contributed by atoms with Crippen molar-refractivity contribution in [1.29, 1.82) is 0 Å². The summed E-state index contributed by atoms with van der Waals surface area (Å²) >= 11 is 0. The maximum Gasteiger partial charge on any atom is 0.410 e. The third-order valence-electron chi connectivity index (χ3n) is 2.12. The molecule has 0 rings (SSSR count). The van der Waals surface area contributed by atoms with Crippen LogP contribution in [0.15, 0.2) is 0 Å². The van der Waals surface area contributed by atoms with Crippen molar-refractivity contribution in [3.05, 3.63) is 0 Å². The number of hydrogen-bond acceptors (Lipinski definition) is 3. The zero-order valence-electron chi connectivity index (χ0n) is 11.2. The fourth-order valence-corrected chi connectivity index (χ4v) is 1.31. The van der Waals surface area contributed by atoms with E-state index in [2.05, 4.69) is 0 Å². The van der Waals surface area contributed by atoms with E-state index in [1.165, 1.54) is 0 Å². The van der Waals surface area contributed by atoms with Gasteiger partial charge in [-0.3, -0.25) is 0 Å².